The molecule has 0 atom stereocenters. The van der Waals surface area contributed by atoms with Crippen molar-refractivity contribution >= 4 is 0 Å². The van der Waals surface area contributed by atoms with E-state index in [4.69, 9.17) is 19.9 Å². The fourth-order valence-electron chi connectivity index (χ4n) is 3.31. The summed E-state index contributed by atoms with van der Waals surface area (Å²) < 4.78 is 17.0. The van der Waals surface area contributed by atoms with Crippen molar-refractivity contribution < 1.29 is 14.2 Å². The molecule has 3 rings (SSSR count). The molecule has 20 heavy (non-hydrogen) atoms. The van der Waals surface area contributed by atoms with Gasteiger partial charge in [0.2, 0.25) is 0 Å². The number of hydrogen-bond acceptors (Lipinski definition) is 4. The largest absolute Gasteiger partial charge is 0.486 e. The van der Waals surface area contributed by atoms with Crippen LogP contribution in [0.4, 0.5) is 0 Å². The molecular formula is C16H23NO3. The summed E-state index contributed by atoms with van der Waals surface area (Å²) in [6, 6.07) is 4.17. The van der Waals surface area contributed by atoms with Crippen LogP contribution in [0.3, 0.4) is 0 Å². The number of fused-ring (bicyclic) bond motifs is 1. The third kappa shape index (κ3) is 2.38. The number of hydrogen-bond donors (Lipinski definition) is 1. The second-order valence-corrected chi connectivity index (χ2v) is 5.78. The summed E-state index contributed by atoms with van der Waals surface area (Å²) in [6.45, 7) is 1.71. The molecule has 4 heteroatoms. The maximum Gasteiger partial charge on any atom is 0.167 e. The van der Waals surface area contributed by atoms with E-state index in [2.05, 4.69) is 12.1 Å². The second kappa shape index (κ2) is 5.62. The van der Waals surface area contributed by atoms with Crippen LogP contribution in [0.5, 0.6) is 11.5 Å². The molecule has 1 heterocycles. The molecule has 0 bridgehead atoms. The van der Waals surface area contributed by atoms with Crippen LogP contribution in [-0.4, -0.2) is 20.3 Å². The Hall–Kier alpha value is -1.26. The number of ether oxygens (including phenoxy) is 3. The van der Waals surface area contributed by atoms with Crippen molar-refractivity contribution in [2.45, 2.75) is 44.2 Å². The summed E-state index contributed by atoms with van der Waals surface area (Å²) in [5, 5.41) is 0. The summed E-state index contributed by atoms with van der Waals surface area (Å²) >= 11 is 0. The van der Waals surface area contributed by atoms with Gasteiger partial charge in [-0.2, -0.15) is 0 Å². The van der Waals surface area contributed by atoms with Gasteiger partial charge in [0.15, 0.2) is 11.5 Å². The van der Waals surface area contributed by atoms with E-state index in [1.54, 1.807) is 7.11 Å². The van der Waals surface area contributed by atoms with Gasteiger partial charge in [-0.05, 0) is 12.8 Å². The van der Waals surface area contributed by atoms with Crippen molar-refractivity contribution in [3.63, 3.8) is 0 Å². The Morgan fingerprint density at radius 3 is 2.50 bits per heavy atom. The van der Waals surface area contributed by atoms with Gasteiger partial charge >= 0.3 is 0 Å². The Morgan fingerprint density at radius 1 is 1.10 bits per heavy atom. The highest BCUT2D eigenvalue weighted by atomic mass is 16.6. The Morgan fingerprint density at radius 2 is 1.80 bits per heavy atom. The highest BCUT2D eigenvalue weighted by Gasteiger charge is 2.35. The van der Waals surface area contributed by atoms with E-state index in [9.17, 15) is 0 Å². The smallest absolute Gasteiger partial charge is 0.167 e. The van der Waals surface area contributed by atoms with Crippen LogP contribution in [-0.2, 0) is 16.9 Å². The minimum atomic E-state index is -0.269. The van der Waals surface area contributed by atoms with E-state index >= 15 is 0 Å². The van der Waals surface area contributed by atoms with Crippen molar-refractivity contribution in [3.05, 3.63) is 23.3 Å². The minimum absolute atomic E-state index is 0.269. The predicted molar refractivity (Wildman–Crippen MR) is 77.1 cm³/mol. The van der Waals surface area contributed by atoms with Crippen LogP contribution in [0.2, 0.25) is 0 Å². The monoisotopic (exact) mass is 277 g/mol. The van der Waals surface area contributed by atoms with Crippen molar-refractivity contribution in [1.29, 1.82) is 0 Å². The van der Waals surface area contributed by atoms with Crippen LogP contribution in [0, 0.1) is 0 Å². The fraction of sp³-hybridized carbons (Fsp3) is 0.625. The van der Waals surface area contributed by atoms with Gasteiger partial charge in [0.1, 0.15) is 13.2 Å². The Labute approximate surface area is 120 Å². The molecule has 0 spiro atoms. The van der Waals surface area contributed by atoms with Gasteiger partial charge in [-0.3, -0.25) is 0 Å². The highest BCUT2D eigenvalue weighted by Crippen LogP contribution is 2.45. The number of benzene rings is 1. The van der Waals surface area contributed by atoms with Crippen LogP contribution < -0.4 is 15.2 Å². The van der Waals surface area contributed by atoms with E-state index in [-0.39, 0.29) is 5.54 Å². The highest BCUT2D eigenvalue weighted by molar-refractivity contribution is 5.55. The van der Waals surface area contributed by atoms with Gasteiger partial charge in [0, 0.05) is 23.8 Å². The van der Waals surface area contributed by atoms with Crippen molar-refractivity contribution in [3.8, 4) is 11.5 Å². The Kier molecular flexibility index (Phi) is 3.85. The first-order valence-electron chi connectivity index (χ1n) is 7.44. The van der Waals surface area contributed by atoms with Crippen molar-refractivity contribution in [2.24, 2.45) is 5.73 Å². The lowest BCUT2D eigenvalue weighted by molar-refractivity contribution is 0.148. The summed E-state index contributed by atoms with van der Waals surface area (Å²) in [5.41, 5.74) is 8.53. The van der Waals surface area contributed by atoms with E-state index in [1.807, 2.05) is 0 Å². The van der Waals surface area contributed by atoms with Crippen molar-refractivity contribution in [2.75, 3.05) is 20.3 Å². The molecule has 0 radical (unpaired) electrons. The lowest BCUT2D eigenvalue weighted by Gasteiger charge is -2.36. The van der Waals surface area contributed by atoms with Gasteiger partial charge in [-0.1, -0.05) is 31.4 Å². The molecule has 2 aliphatic rings. The molecule has 0 unspecified atom stereocenters. The van der Waals surface area contributed by atoms with Gasteiger partial charge < -0.3 is 19.9 Å². The average Bonchev–Trinajstić information content (AvgIpc) is 2.48. The van der Waals surface area contributed by atoms with E-state index in [0.717, 1.165) is 35.5 Å². The molecule has 1 aliphatic carbocycles. The minimum Gasteiger partial charge on any atom is -0.486 e. The first-order chi connectivity index (χ1) is 9.74. The third-order valence-electron chi connectivity index (χ3n) is 4.35. The Balaban J connectivity index is 2.03. The van der Waals surface area contributed by atoms with E-state index in [0.29, 0.717) is 19.8 Å². The number of methoxy groups -OCH3 is 1. The van der Waals surface area contributed by atoms with Crippen LogP contribution in [0.25, 0.3) is 0 Å². The summed E-state index contributed by atoms with van der Waals surface area (Å²) in [7, 11) is 1.69. The van der Waals surface area contributed by atoms with Crippen LogP contribution >= 0.6 is 0 Å². The lowest BCUT2D eigenvalue weighted by atomic mass is 9.76. The molecule has 0 aromatic heterocycles. The molecule has 2 N–H and O–H groups in total. The zero-order valence-corrected chi connectivity index (χ0v) is 12.1. The quantitative estimate of drug-likeness (QED) is 0.923. The average molecular weight is 277 g/mol. The maximum absolute atomic E-state index is 6.66. The predicted octanol–water partition coefficient (Wildman–Crippen LogP) is 2.72. The lowest BCUT2D eigenvalue weighted by Crippen LogP contribution is -2.39. The molecule has 1 fully saturated rings. The fourth-order valence-corrected chi connectivity index (χ4v) is 3.31. The number of nitrogens with two attached hydrogens (primary N) is 1. The molecule has 1 aromatic rings. The summed E-state index contributed by atoms with van der Waals surface area (Å²) in [4.78, 5) is 0. The molecular weight excluding hydrogens is 254 g/mol. The molecule has 4 nitrogen and oxygen atoms in total. The summed E-state index contributed by atoms with van der Waals surface area (Å²) in [6.07, 6.45) is 5.69. The Bertz CT molecular complexity index is 481. The van der Waals surface area contributed by atoms with Gasteiger partial charge in [-0.15, -0.1) is 0 Å². The molecule has 110 valence electrons. The molecule has 0 amide bonds. The molecule has 1 aromatic carbocycles. The van der Waals surface area contributed by atoms with Crippen LogP contribution in [0.15, 0.2) is 12.1 Å². The topological polar surface area (TPSA) is 53.7 Å². The molecule has 0 saturated heterocycles. The van der Waals surface area contributed by atoms with Gasteiger partial charge in [0.05, 0.1) is 6.61 Å². The van der Waals surface area contributed by atoms with Gasteiger partial charge in [-0.25, -0.2) is 0 Å². The SMILES string of the molecule is COCc1ccc(C2(N)CCCCC2)c2c1OCCO2. The first-order valence-corrected chi connectivity index (χ1v) is 7.44. The van der Waals surface area contributed by atoms with Crippen LogP contribution in [0.1, 0.15) is 43.2 Å². The number of rotatable bonds is 3. The van der Waals surface area contributed by atoms with E-state index < -0.39 is 0 Å². The normalized spacial score (nSPS) is 20.7. The molecule has 1 aliphatic heterocycles. The maximum atomic E-state index is 6.66. The molecule has 1 saturated carbocycles. The standard InChI is InChI=1S/C16H23NO3/c1-18-11-12-5-6-13(15-14(12)19-9-10-20-15)16(17)7-3-2-4-8-16/h5-6H,2-4,7-11,17H2,1H3. The van der Waals surface area contributed by atoms with Crippen molar-refractivity contribution in [1.82, 2.24) is 0 Å². The first kappa shape index (κ1) is 13.7. The zero-order valence-electron chi connectivity index (χ0n) is 12.1. The zero-order chi connectivity index (χ0) is 14.0. The summed E-state index contributed by atoms with van der Waals surface area (Å²) in [5.74, 6) is 1.67. The second-order valence-electron chi connectivity index (χ2n) is 5.78. The van der Waals surface area contributed by atoms with Gasteiger partial charge in [0.25, 0.3) is 0 Å². The third-order valence-corrected chi connectivity index (χ3v) is 4.35. The van der Waals surface area contributed by atoms with E-state index in [1.165, 1.54) is 19.3 Å².